The number of likely N-dealkylation sites (tertiary alicyclic amines) is 1. The number of hydrogen-bond donors (Lipinski definition) is 1. The molecule has 0 radical (unpaired) electrons. The van der Waals surface area contributed by atoms with E-state index < -0.39 is 47.6 Å². The molecule has 10 nitrogen and oxygen atoms in total. The van der Waals surface area contributed by atoms with Gasteiger partial charge in [0, 0.05) is 41.7 Å². The van der Waals surface area contributed by atoms with E-state index in [4.69, 9.17) is 30.2 Å². The van der Waals surface area contributed by atoms with Crippen LogP contribution in [0.25, 0.3) is 22.1 Å². The number of aliphatic carboxylic acids is 1. The second-order valence-corrected chi connectivity index (χ2v) is 10.8. The van der Waals surface area contributed by atoms with Gasteiger partial charge in [0.25, 0.3) is 5.91 Å². The number of carboxylic acid groups (broad SMARTS) is 1. The van der Waals surface area contributed by atoms with Crippen LogP contribution < -0.4 is 10.4 Å². The highest BCUT2D eigenvalue weighted by Crippen LogP contribution is 2.34. The van der Waals surface area contributed by atoms with E-state index in [0.717, 1.165) is 6.07 Å². The Balaban J connectivity index is 1.46. The number of piperidine rings is 1. The third-order valence-electron chi connectivity index (χ3n) is 6.97. The van der Waals surface area contributed by atoms with Gasteiger partial charge in [0.2, 0.25) is 0 Å². The second kappa shape index (κ2) is 13.2. The van der Waals surface area contributed by atoms with Gasteiger partial charge >= 0.3 is 17.8 Å². The van der Waals surface area contributed by atoms with Crippen molar-refractivity contribution in [2.45, 2.75) is 45.8 Å². The lowest BCUT2D eigenvalue weighted by Gasteiger charge is -2.36. The SMILES string of the molecule is CC(C)OC(=O)OCC(C(=O)O)[C@H]1CCCN(C(=O)[C@@H](C)Oc2ccc3c(-c4ccc(F)cc4Cl)cc(=O)oc3c2)C1. The lowest BCUT2D eigenvalue weighted by molar-refractivity contribution is -0.150. The maximum Gasteiger partial charge on any atom is 0.508 e. The molecule has 1 aliphatic rings. The van der Waals surface area contributed by atoms with Crippen molar-refractivity contribution in [3.05, 3.63) is 63.7 Å². The molecule has 0 spiro atoms. The van der Waals surface area contributed by atoms with Gasteiger partial charge in [-0.25, -0.2) is 14.0 Å². The monoisotopic (exact) mass is 603 g/mol. The molecule has 1 N–H and O–H groups in total. The minimum atomic E-state index is -1.13. The van der Waals surface area contributed by atoms with E-state index in [2.05, 4.69) is 0 Å². The molecular formula is C30H31ClFNO9. The van der Waals surface area contributed by atoms with Crippen LogP contribution in [0.4, 0.5) is 9.18 Å². The van der Waals surface area contributed by atoms with E-state index in [0.29, 0.717) is 35.9 Å². The van der Waals surface area contributed by atoms with Crippen molar-refractivity contribution in [1.82, 2.24) is 4.90 Å². The zero-order valence-electron chi connectivity index (χ0n) is 23.3. The van der Waals surface area contributed by atoms with Gasteiger partial charge < -0.3 is 28.6 Å². The van der Waals surface area contributed by atoms with Gasteiger partial charge in [0.1, 0.15) is 23.8 Å². The number of hydrogen-bond acceptors (Lipinski definition) is 8. The van der Waals surface area contributed by atoms with E-state index in [1.165, 1.54) is 29.2 Å². The number of fused-ring (bicyclic) bond motifs is 1. The molecule has 3 aromatic rings. The summed E-state index contributed by atoms with van der Waals surface area (Å²) in [5, 5.41) is 10.4. The molecule has 0 aliphatic carbocycles. The Kier molecular flexibility index (Phi) is 9.72. The number of carboxylic acids is 1. The van der Waals surface area contributed by atoms with Gasteiger partial charge in [-0.1, -0.05) is 11.6 Å². The fourth-order valence-corrected chi connectivity index (χ4v) is 5.26. The molecule has 42 heavy (non-hydrogen) atoms. The fraction of sp³-hybridized carbons (Fsp3) is 0.400. The highest BCUT2D eigenvalue weighted by atomic mass is 35.5. The Bertz CT molecular complexity index is 1540. The van der Waals surface area contributed by atoms with E-state index in [9.17, 15) is 28.7 Å². The van der Waals surface area contributed by atoms with E-state index in [1.54, 1.807) is 32.9 Å². The van der Waals surface area contributed by atoms with E-state index >= 15 is 0 Å². The first kappa shape index (κ1) is 30.8. The lowest BCUT2D eigenvalue weighted by Crippen LogP contribution is -2.48. The quantitative estimate of drug-likeness (QED) is 0.248. The van der Waals surface area contributed by atoms with Gasteiger partial charge in [0.05, 0.1) is 17.0 Å². The number of benzene rings is 2. The summed E-state index contributed by atoms with van der Waals surface area (Å²) in [6, 6.07) is 9.88. The normalized spacial score (nSPS) is 16.6. The lowest BCUT2D eigenvalue weighted by atomic mass is 9.85. The first-order chi connectivity index (χ1) is 19.9. The highest BCUT2D eigenvalue weighted by Gasteiger charge is 2.36. The summed E-state index contributed by atoms with van der Waals surface area (Å²) in [4.78, 5) is 50.8. The van der Waals surface area contributed by atoms with Crippen LogP contribution in [0.3, 0.4) is 0 Å². The molecule has 1 amide bonds. The molecule has 3 atom stereocenters. The molecule has 224 valence electrons. The van der Waals surface area contributed by atoms with Crippen molar-refractivity contribution in [3.8, 4) is 16.9 Å². The highest BCUT2D eigenvalue weighted by molar-refractivity contribution is 6.33. The molecule has 0 bridgehead atoms. The van der Waals surface area contributed by atoms with Gasteiger partial charge in [-0.3, -0.25) is 9.59 Å². The van der Waals surface area contributed by atoms with Crippen LogP contribution in [0.2, 0.25) is 5.02 Å². The molecule has 1 aromatic heterocycles. The molecule has 4 rings (SSSR count). The van der Waals surface area contributed by atoms with Crippen molar-refractivity contribution in [1.29, 1.82) is 0 Å². The van der Waals surface area contributed by atoms with Crippen LogP contribution in [0.1, 0.15) is 33.6 Å². The van der Waals surface area contributed by atoms with E-state index in [1.807, 2.05) is 0 Å². The molecule has 1 saturated heterocycles. The average molecular weight is 604 g/mol. The minimum Gasteiger partial charge on any atom is -0.481 e. The van der Waals surface area contributed by atoms with Crippen molar-refractivity contribution in [2.24, 2.45) is 11.8 Å². The summed E-state index contributed by atoms with van der Waals surface area (Å²) in [7, 11) is 0. The summed E-state index contributed by atoms with van der Waals surface area (Å²) in [6.45, 7) is 5.08. The summed E-state index contributed by atoms with van der Waals surface area (Å²) in [6.07, 6.45) is -1.18. The third kappa shape index (κ3) is 7.39. The van der Waals surface area contributed by atoms with Gasteiger partial charge in [0.15, 0.2) is 6.10 Å². The Labute approximate surface area is 245 Å². The Morgan fingerprint density at radius 1 is 1.12 bits per heavy atom. The average Bonchev–Trinajstić information content (AvgIpc) is 2.91. The molecule has 2 aromatic carbocycles. The van der Waals surface area contributed by atoms with Gasteiger partial charge in [-0.05, 0) is 69.9 Å². The first-order valence-corrected chi connectivity index (χ1v) is 13.9. The van der Waals surface area contributed by atoms with Crippen LogP contribution >= 0.6 is 11.6 Å². The number of carbonyl (C=O) groups excluding carboxylic acids is 2. The summed E-state index contributed by atoms with van der Waals surface area (Å²) >= 11 is 6.22. The predicted octanol–water partition coefficient (Wildman–Crippen LogP) is 5.52. The number of rotatable bonds is 9. The maximum atomic E-state index is 13.6. The maximum absolute atomic E-state index is 13.6. The van der Waals surface area contributed by atoms with Crippen molar-refractivity contribution >= 4 is 40.6 Å². The number of nitrogens with zero attached hydrogens (tertiary/aromatic N) is 1. The Hall–Kier alpha value is -4.12. The number of ether oxygens (including phenoxy) is 3. The summed E-state index contributed by atoms with van der Waals surface area (Å²) in [5.74, 6) is -3.17. The molecule has 2 heterocycles. The Morgan fingerprint density at radius 3 is 2.57 bits per heavy atom. The fourth-order valence-electron chi connectivity index (χ4n) is 4.99. The zero-order valence-corrected chi connectivity index (χ0v) is 24.1. The molecule has 1 unspecified atom stereocenters. The van der Waals surface area contributed by atoms with Crippen LogP contribution in [-0.2, 0) is 19.1 Å². The standard InChI is InChI=1S/C30H31ClFNO9/c1-16(2)40-30(38)39-15-24(29(36)37)18-5-4-10-33(14-18)28(35)17(3)41-20-7-9-22-23(13-27(34)42-26(22)12-20)21-8-6-19(32)11-25(21)31/h6-9,11-13,16-18,24H,4-5,10,14-15H2,1-3H3,(H,36,37)/t17-,18+,24?/m1/s1. The van der Waals surface area contributed by atoms with E-state index in [-0.39, 0.29) is 35.4 Å². The van der Waals surface area contributed by atoms with Crippen LogP contribution in [-0.4, -0.2) is 59.9 Å². The number of carbonyl (C=O) groups is 3. The molecule has 0 saturated carbocycles. The van der Waals surface area contributed by atoms with Crippen LogP contribution in [0, 0.1) is 17.7 Å². The zero-order chi connectivity index (χ0) is 30.6. The summed E-state index contributed by atoms with van der Waals surface area (Å²) < 4.78 is 34.7. The van der Waals surface area contributed by atoms with Gasteiger partial charge in [-0.2, -0.15) is 0 Å². The van der Waals surface area contributed by atoms with Crippen LogP contribution in [0.15, 0.2) is 51.7 Å². The van der Waals surface area contributed by atoms with Gasteiger partial charge in [-0.15, -0.1) is 0 Å². The number of halogens is 2. The topological polar surface area (TPSA) is 133 Å². The first-order valence-electron chi connectivity index (χ1n) is 13.5. The molecular weight excluding hydrogens is 573 g/mol. The van der Waals surface area contributed by atoms with Crippen molar-refractivity contribution in [2.75, 3.05) is 19.7 Å². The smallest absolute Gasteiger partial charge is 0.481 e. The molecule has 1 fully saturated rings. The predicted molar refractivity (Wildman–Crippen MR) is 151 cm³/mol. The van der Waals surface area contributed by atoms with Crippen molar-refractivity contribution in [3.63, 3.8) is 0 Å². The number of amides is 1. The second-order valence-electron chi connectivity index (χ2n) is 10.4. The molecule has 1 aliphatic heterocycles. The molecule has 12 heteroatoms. The largest absolute Gasteiger partial charge is 0.508 e. The summed E-state index contributed by atoms with van der Waals surface area (Å²) in [5.41, 5.74) is 0.451. The minimum absolute atomic E-state index is 0.133. The van der Waals surface area contributed by atoms with Crippen LogP contribution in [0.5, 0.6) is 5.75 Å². The third-order valence-corrected chi connectivity index (χ3v) is 7.28. The Morgan fingerprint density at radius 2 is 1.88 bits per heavy atom. The van der Waals surface area contributed by atoms with Crippen molar-refractivity contribution < 1.29 is 42.5 Å².